The third-order valence-corrected chi connectivity index (χ3v) is 5.36. The number of imidazole rings is 1. The summed E-state index contributed by atoms with van der Waals surface area (Å²) >= 11 is 1.47. The molecule has 7 heteroatoms. The molecule has 0 fully saturated rings. The third-order valence-electron chi connectivity index (χ3n) is 4.67. The maximum absolute atomic E-state index is 13.0. The van der Waals surface area contributed by atoms with Crippen molar-refractivity contribution in [2.24, 2.45) is 0 Å². The highest BCUT2D eigenvalue weighted by Crippen LogP contribution is 2.25. The van der Waals surface area contributed by atoms with Crippen molar-refractivity contribution < 1.29 is 4.79 Å². The molecule has 1 aromatic carbocycles. The maximum atomic E-state index is 13.0. The van der Waals surface area contributed by atoms with E-state index >= 15 is 0 Å². The minimum absolute atomic E-state index is 0.124. The molecule has 3 aromatic heterocycles. The molecule has 0 aliphatic heterocycles. The number of aryl methyl sites for hydroxylation is 3. The smallest absolute Gasteiger partial charge is 0.252 e. The van der Waals surface area contributed by atoms with Crippen LogP contribution in [0.5, 0.6) is 0 Å². The number of carbonyl (C=O) groups excluding carboxylic acids is 1. The summed E-state index contributed by atoms with van der Waals surface area (Å²) in [5.41, 5.74) is 7.16. The molecule has 0 radical (unpaired) electrons. The van der Waals surface area contributed by atoms with Gasteiger partial charge in [0.05, 0.1) is 29.0 Å². The monoisotopic (exact) mass is 365 g/mol. The van der Waals surface area contributed by atoms with Crippen LogP contribution in [0.2, 0.25) is 0 Å². The Bertz CT molecular complexity index is 1120. The van der Waals surface area contributed by atoms with Crippen LogP contribution in [0.15, 0.2) is 29.9 Å². The standard InChI is InChI=1S/C19H19N5OS/c1-10-5-6-14-15(7-11(2)21-17(14)12(10)3)18(25)22-13(4)16-8-24-19(23-16)26-9-20-24/h5-9,13H,1-4H3,(H,22,25)/t13-/m0/s1. The molecule has 132 valence electrons. The molecule has 1 amide bonds. The van der Waals surface area contributed by atoms with Crippen LogP contribution in [0, 0.1) is 20.8 Å². The lowest BCUT2D eigenvalue weighted by atomic mass is 10.0. The fourth-order valence-corrected chi connectivity index (χ4v) is 3.67. The van der Waals surface area contributed by atoms with Gasteiger partial charge < -0.3 is 5.32 Å². The Kier molecular flexibility index (Phi) is 3.96. The predicted molar refractivity (Wildman–Crippen MR) is 103 cm³/mol. The van der Waals surface area contributed by atoms with Gasteiger partial charge in [-0.2, -0.15) is 5.10 Å². The van der Waals surface area contributed by atoms with Gasteiger partial charge >= 0.3 is 0 Å². The zero-order valence-corrected chi connectivity index (χ0v) is 15.9. The van der Waals surface area contributed by atoms with Crippen molar-refractivity contribution in [2.45, 2.75) is 33.7 Å². The fourth-order valence-electron chi connectivity index (χ4n) is 3.06. The lowest BCUT2D eigenvalue weighted by molar-refractivity contribution is 0.0940. The SMILES string of the molecule is Cc1cc(C(=O)N[C@@H](C)c2cn3ncsc3n2)c2ccc(C)c(C)c2n1. The quantitative estimate of drug-likeness (QED) is 0.600. The van der Waals surface area contributed by atoms with Crippen molar-refractivity contribution in [3.63, 3.8) is 0 Å². The van der Waals surface area contributed by atoms with Crippen LogP contribution in [0.25, 0.3) is 15.9 Å². The summed E-state index contributed by atoms with van der Waals surface area (Å²) in [5.74, 6) is -0.124. The summed E-state index contributed by atoms with van der Waals surface area (Å²) in [6.45, 7) is 7.94. The molecule has 26 heavy (non-hydrogen) atoms. The second-order valence-electron chi connectivity index (χ2n) is 6.54. The minimum Gasteiger partial charge on any atom is -0.344 e. The van der Waals surface area contributed by atoms with Gasteiger partial charge in [-0.05, 0) is 44.9 Å². The summed E-state index contributed by atoms with van der Waals surface area (Å²) in [6.07, 6.45) is 1.85. The number of aromatic nitrogens is 4. The largest absolute Gasteiger partial charge is 0.344 e. The van der Waals surface area contributed by atoms with Gasteiger partial charge in [0.25, 0.3) is 5.91 Å². The van der Waals surface area contributed by atoms with Gasteiger partial charge in [-0.25, -0.2) is 9.50 Å². The second-order valence-corrected chi connectivity index (χ2v) is 7.35. The Morgan fingerprint density at radius 2 is 2.04 bits per heavy atom. The Balaban J connectivity index is 1.69. The van der Waals surface area contributed by atoms with E-state index in [0.29, 0.717) is 5.56 Å². The molecular weight excluding hydrogens is 346 g/mol. The van der Waals surface area contributed by atoms with Crippen molar-refractivity contribution in [3.05, 3.63) is 58.0 Å². The van der Waals surface area contributed by atoms with E-state index in [1.54, 1.807) is 10.0 Å². The first kappa shape index (κ1) is 16.7. The van der Waals surface area contributed by atoms with Gasteiger partial charge in [-0.3, -0.25) is 9.78 Å². The van der Waals surface area contributed by atoms with Crippen LogP contribution >= 0.6 is 11.3 Å². The zero-order chi connectivity index (χ0) is 18.4. The van der Waals surface area contributed by atoms with Gasteiger partial charge in [-0.15, -0.1) is 0 Å². The molecule has 6 nitrogen and oxygen atoms in total. The molecule has 1 atom stereocenters. The first-order valence-electron chi connectivity index (χ1n) is 8.41. The first-order chi connectivity index (χ1) is 12.4. The molecule has 1 N–H and O–H groups in total. The Labute approximate surface area is 154 Å². The number of rotatable bonds is 3. The normalized spacial score (nSPS) is 12.6. The van der Waals surface area contributed by atoms with Gasteiger partial charge in [0.1, 0.15) is 5.51 Å². The molecule has 4 rings (SSSR count). The molecule has 3 heterocycles. The fraction of sp³-hybridized carbons (Fsp3) is 0.263. The maximum Gasteiger partial charge on any atom is 0.252 e. The molecule has 0 saturated heterocycles. The average molecular weight is 365 g/mol. The highest BCUT2D eigenvalue weighted by Gasteiger charge is 2.18. The average Bonchev–Trinajstić information content (AvgIpc) is 3.19. The van der Waals surface area contributed by atoms with E-state index in [9.17, 15) is 4.79 Å². The van der Waals surface area contributed by atoms with E-state index in [0.717, 1.165) is 32.8 Å². The van der Waals surface area contributed by atoms with E-state index in [-0.39, 0.29) is 11.9 Å². The highest BCUT2D eigenvalue weighted by molar-refractivity contribution is 7.14. The summed E-state index contributed by atoms with van der Waals surface area (Å²) in [6, 6.07) is 5.63. The number of carbonyl (C=O) groups is 1. The highest BCUT2D eigenvalue weighted by atomic mass is 32.1. The van der Waals surface area contributed by atoms with E-state index in [2.05, 4.69) is 27.3 Å². The first-order valence-corrected chi connectivity index (χ1v) is 9.29. The molecule has 0 bridgehead atoms. The number of benzene rings is 1. The van der Waals surface area contributed by atoms with E-state index in [4.69, 9.17) is 0 Å². The third kappa shape index (κ3) is 2.74. The summed E-state index contributed by atoms with van der Waals surface area (Å²) in [7, 11) is 0. The Hall–Kier alpha value is -2.80. The molecular formula is C19H19N5OS. The van der Waals surface area contributed by atoms with Gasteiger partial charge in [0.2, 0.25) is 4.96 Å². The van der Waals surface area contributed by atoms with Crippen molar-refractivity contribution in [3.8, 4) is 0 Å². The van der Waals surface area contributed by atoms with Crippen LogP contribution in [0.1, 0.15) is 45.8 Å². The van der Waals surface area contributed by atoms with E-state index in [1.807, 2.05) is 45.2 Å². The molecule has 0 aliphatic rings. The van der Waals surface area contributed by atoms with Crippen LogP contribution in [-0.4, -0.2) is 25.5 Å². The zero-order valence-electron chi connectivity index (χ0n) is 15.1. The predicted octanol–water partition coefficient (Wildman–Crippen LogP) is 3.76. The number of nitrogens with one attached hydrogen (secondary N) is 1. The molecule has 0 aliphatic carbocycles. The summed E-state index contributed by atoms with van der Waals surface area (Å²) in [4.78, 5) is 22.9. The Morgan fingerprint density at radius 1 is 1.23 bits per heavy atom. The van der Waals surface area contributed by atoms with E-state index < -0.39 is 0 Å². The minimum atomic E-state index is -0.216. The number of amides is 1. The number of nitrogens with zero attached hydrogens (tertiary/aromatic N) is 4. The molecule has 0 unspecified atom stereocenters. The lowest BCUT2D eigenvalue weighted by Gasteiger charge is -2.14. The van der Waals surface area contributed by atoms with Crippen molar-refractivity contribution in [2.75, 3.05) is 0 Å². The van der Waals surface area contributed by atoms with Crippen LogP contribution < -0.4 is 5.32 Å². The van der Waals surface area contributed by atoms with Gasteiger partial charge in [0.15, 0.2) is 0 Å². The van der Waals surface area contributed by atoms with Gasteiger partial charge in [0, 0.05) is 11.1 Å². The Morgan fingerprint density at radius 3 is 2.81 bits per heavy atom. The van der Waals surface area contributed by atoms with Gasteiger partial charge in [-0.1, -0.05) is 23.5 Å². The van der Waals surface area contributed by atoms with Crippen LogP contribution in [-0.2, 0) is 0 Å². The molecule has 0 spiro atoms. The number of hydrogen-bond donors (Lipinski definition) is 1. The topological polar surface area (TPSA) is 72.2 Å². The number of pyridine rings is 1. The molecule has 0 saturated carbocycles. The van der Waals surface area contributed by atoms with Crippen molar-refractivity contribution in [1.82, 2.24) is 24.9 Å². The molecule has 4 aromatic rings. The lowest BCUT2D eigenvalue weighted by Crippen LogP contribution is -2.27. The number of fused-ring (bicyclic) bond motifs is 2. The van der Waals surface area contributed by atoms with Crippen LogP contribution in [0.4, 0.5) is 0 Å². The number of hydrogen-bond acceptors (Lipinski definition) is 5. The summed E-state index contributed by atoms with van der Waals surface area (Å²) in [5, 5.41) is 8.10. The van der Waals surface area contributed by atoms with Crippen molar-refractivity contribution in [1.29, 1.82) is 0 Å². The second kappa shape index (κ2) is 6.17. The van der Waals surface area contributed by atoms with Crippen molar-refractivity contribution >= 4 is 33.1 Å². The van der Waals surface area contributed by atoms with E-state index in [1.165, 1.54) is 16.9 Å². The summed E-state index contributed by atoms with van der Waals surface area (Å²) < 4.78 is 1.72. The van der Waals surface area contributed by atoms with Crippen LogP contribution in [0.3, 0.4) is 0 Å².